The van der Waals surface area contributed by atoms with Crippen molar-refractivity contribution in [3.63, 3.8) is 0 Å². The number of likely N-dealkylation sites (tertiary alicyclic amines) is 1. The maximum atomic E-state index is 9.94. The number of nitrogens with one attached hydrogen (secondary N) is 1. The highest BCUT2D eigenvalue weighted by Gasteiger charge is 2.20. The summed E-state index contributed by atoms with van der Waals surface area (Å²) >= 11 is 0. The lowest BCUT2D eigenvalue weighted by molar-refractivity contribution is 0.322. The molecule has 2 aromatic rings. The molecule has 1 aliphatic heterocycles. The zero-order valence-corrected chi connectivity index (χ0v) is 13.1. The Balaban J connectivity index is 1.74. The maximum Gasteiger partial charge on any atom is 0.149 e. The number of phenolic OH excluding ortho intramolecular Hbond substituents is 1. The van der Waals surface area contributed by atoms with E-state index < -0.39 is 0 Å². The third kappa shape index (κ3) is 3.04. The van der Waals surface area contributed by atoms with Gasteiger partial charge in [-0.1, -0.05) is 12.1 Å². The van der Waals surface area contributed by atoms with Gasteiger partial charge >= 0.3 is 0 Å². The predicted molar refractivity (Wildman–Crippen MR) is 88.0 cm³/mol. The van der Waals surface area contributed by atoms with E-state index in [4.69, 9.17) is 0 Å². The second kappa shape index (κ2) is 6.32. The summed E-state index contributed by atoms with van der Waals surface area (Å²) in [4.78, 5) is 2.38. The Bertz CT molecular complexity index is 659. The van der Waals surface area contributed by atoms with Gasteiger partial charge in [-0.3, -0.25) is 0 Å². The molecule has 2 heterocycles. The van der Waals surface area contributed by atoms with Crippen molar-refractivity contribution in [1.82, 2.24) is 15.1 Å². The molecular formula is C17H22N4O. The third-order valence-corrected chi connectivity index (χ3v) is 4.33. The van der Waals surface area contributed by atoms with Crippen LogP contribution < -0.4 is 5.32 Å². The zero-order chi connectivity index (χ0) is 15.5. The van der Waals surface area contributed by atoms with Gasteiger partial charge in [0, 0.05) is 18.2 Å². The summed E-state index contributed by atoms with van der Waals surface area (Å²) in [5, 5.41) is 21.9. The first-order chi connectivity index (χ1) is 10.6. The van der Waals surface area contributed by atoms with E-state index in [0.717, 1.165) is 29.2 Å². The van der Waals surface area contributed by atoms with Crippen LogP contribution in [-0.2, 0) is 0 Å². The lowest BCUT2D eigenvalue weighted by Gasteiger charge is -2.20. The van der Waals surface area contributed by atoms with Gasteiger partial charge in [-0.05, 0) is 57.1 Å². The Morgan fingerprint density at radius 3 is 2.82 bits per heavy atom. The van der Waals surface area contributed by atoms with Crippen LogP contribution in [0.3, 0.4) is 0 Å². The van der Waals surface area contributed by atoms with Crippen LogP contribution in [0.2, 0.25) is 0 Å². The number of hydrogen-bond acceptors (Lipinski definition) is 5. The zero-order valence-electron chi connectivity index (χ0n) is 13.1. The van der Waals surface area contributed by atoms with Gasteiger partial charge in [-0.2, -0.15) is 0 Å². The number of phenols is 1. The van der Waals surface area contributed by atoms with E-state index in [1.54, 1.807) is 12.1 Å². The number of aryl methyl sites for hydroxylation is 1. The van der Waals surface area contributed by atoms with Crippen LogP contribution in [0.25, 0.3) is 11.3 Å². The molecule has 0 spiro atoms. The van der Waals surface area contributed by atoms with Crippen LogP contribution in [0.5, 0.6) is 5.75 Å². The van der Waals surface area contributed by atoms with E-state index >= 15 is 0 Å². The second-order valence-electron chi connectivity index (χ2n) is 5.94. The summed E-state index contributed by atoms with van der Waals surface area (Å²) in [6.45, 7) is 4.05. The van der Waals surface area contributed by atoms with Crippen molar-refractivity contribution in [3.05, 3.63) is 35.9 Å². The Morgan fingerprint density at radius 2 is 2.14 bits per heavy atom. The van der Waals surface area contributed by atoms with Gasteiger partial charge < -0.3 is 15.3 Å². The standard InChI is InChI=1S/C17H22N4O/c1-12-10-16(18-11-13-6-5-9-21(13)2)19-20-17(12)14-7-3-4-8-15(14)22/h3-4,7-8,10,13,22H,5-6,9,11H2,1-2H3,(H,18,19)/t13-/m1/s1. The number of aromatic hydroxyl groups is 1. The normalized spacial score (nSPS) is 18.5. The Morgan fingerprint density at radius 1 is 1.32 bits per heavy atom. The fourth-order valence-corrected chi connectivity index (χ4v) is 2.97. The van der Waals surface area contributed by atoms with Gasteiger partial charge in [-0.15, -0.1) is 10.2 Å². The quantitative estimate of drug-likeness (QED) is 0.908. The number of nitrogens with zero attached hydrogens (tertiary/aromatic N) is 3. The van der Waals surface area contributed by atoms with Crippen LogP contribution in [0.1, 0.15) is 18.4 Å². The molecule has 1 saturated heterocycles. The molecule has 1 atom stereocenters. The van der Waals surface area contributed by atoms with Crippen LogP contribution >= 0.6 is 0 Å². The van der Waals surface area contributed by atoms with Crippen molar-refractivity contribution in [1.29, 1.82) is 0 Å². The molecule has 116 valence electrons. The highest BCUT2D eigenvalue weighted by Crippen LogP contribution is 2.29. The fourth-order valence-electron chi connectivity index (χ4n) is 2.97. The highest BCUT2D eigenvalue weighted by atomic mass is 16.3. The van der Waals surface area contributed by atoms with E-state index in [0.29, 0.717) is 6.04 Å². The number of likely N-dealkylation sites (N-methyl/N-ethyl adjacent to an activating group) is 1. The first-order valence-electron chi connectivity index (χ1n) is 7.72. The minimum absolute atomic E-state index is 0.230. The summed E-state index contributed by atoms with van der Waals surface area (Å²) in [6.07, 6.45) is 2.49. The van der Waals surface area contributed by atoms with Crippen LogP contribution in [0.4, 0.5) is 5.82 Å². The van der Waals surface area contributed by atoms with Gasteiger partial charge in [0.25, 0.3) is 0 Å². The van der Waals surface area contributed by atoms with Crippen molar-refractivity contribution >= 4 is 5.82 Å². The Labute approximate surface area is 131 Å². The number of anilines is 1. The van der Waals surface area contributed by atoms with Crippen LogP contribution in [0, 0.1) is 6.92 Å². The molecule has 0 bridgehead atoms. The van der Waals surface area contributed by atoms with Crippen molar-refractivity contribution in [2.75, 3.05) is 25.5 Å². The summed E-state index contributed by atoms with van der Waals surface area (Å²) in [6, 6.07) is 9.77. The summed E-state index contributed by atoms with van der Waals surface area (Å²) in [5.41, 5.74) is 2.44. The van der Waals surface area contributed by atoms with Crippen molar-refractivity contribution in [3.8, 4) is 17.0 Å². The summed E-state index contributed by atoms with van der Waals surface area (Å²) < 4.78 is 0. The molecule has 22 heavy (non-hydrogen) atoms. The van der Waals surface area contributed by atoms with Gasteiger partial charge in [0.2, 0.25) is 0 Å². The smallest absolute Gasteiger partial charge is 0.149 e. The molecule has 1 aromatic heterocycles. The fraction of sp³-hybridized carbons (Fsp3) is 0.412. The van der Waals surface area contributed by atoms with Crippen molar-refractivity contribution < 1.29 is 5.11 Å². The Kier molecular flexibility index (Phi) is 4.24. The van der Waals surface area contributed by atoms with Gasteiger partial charge in [0.05, 0.1) is 5.69 Å². The maximum absolute atomic E-state index is 9.94. The first kappa shape index (κ1) is 14.8. The minimum Gasteiger partial charge on any atom is -0.507 e. The van der Waals surface area contributed by atoms with Gasteiger partial charge in [-0.25, -0.2) is 0 Å². The number of rotatable bonds is 4. The average Bonchev–Trinajstić information content (AvgIpc) is 2.92. The third-order valence-electron chi connectivity index (χ3n) is 4.33. The van der Waals surface area contributed by atoms with Crippen LogP contribution in [0.15, 0.2) is 30.3 Å². The first-order valence-corrected chi connectivity index (χ1v) is 7.72. The minimum atomic E-state index is 0.230. The number of benzene rings is 1. The average molecular weight is 298 g/mol. The molecule has 5 heteroatoms. The van der Waals surface area contributed by atoms with E-state index in [-0.39, 0.29) is 5.75 Å². The SMILES string of the molecule is Cc1cc(NC[C@H]2CCCN2C)nnc1-c1ccccc1O. The van der Waals surface area contributed by atoms with Gasteiger partial charge in [0.15, 0.2) is 0 Å². The molecule has 1 aliphatic rings. The lowest BCUT2D eigenvalue weighted by Crippen LogP contribution is -2.31. The molecule has 0 unspecified atom stereocenters. The van der Waals surface area contributed by atoms with E-state index in [9.17, 15) is 5.11 Å². The molecule has 0 aliphatic carbocycles. The topological polar surface area (TPSA) is 61.3 Å². The predicted octanol–water partition coefficient (Wildman–Crippen LogP) is 2.66. The molecule has 0 saturated carbocycles. The molecule has 0 radical (unpaired) electrons. The number of para-hydroxylation sites is 1. The monoisotopic (exact) mass is 298 g/mol. The number of aromatic nitrogens is 2. The summed E-state index contributed by atoms with van der Waals surface area (Å²) in [5.74, 6) is 1.02. The van der Waals surface area contributed by atoms with E-state index in [2.05, 4.69) is 27.5 Å². The highest BCUT2D eigenvalue weighted by molar-refractivity contribution is 5.69. The molecule has 0 amide bonds. The molecule has 2 N–H and O–H groups in total. The van der Waals surface area contributed by atoms with Crippen molar-refractivity contribution in [2.24, 2.45) is 0 Å². The molecule has 3 rings (SSSR count). The Hall–Kier alpha value is -2.14. The van der Waals surface area contributed by atoms with Crippen LogP contribution in [-0.4, -0.2) is 46.4 Å². The molecular weight excluding hydrogens is 276 g/mol. The number of hydrogen-bond donors (Lipinski definition) is 2. The summed E-state index contributed by atoms with van der Waals surface area (Å²) in [7, 11) is 2.16. The molecule has 1 fully saturated rings. The van der Waals surface area contributed by atoms with E-state index in [1.165, 1.54) is 19.4 Å². The second-order valence-corrected chi connectivity index (χ2v) is 5.94. The lowest BCUT2D eigenvalue weighted by atomic mass is 10.1. The molecule has 5 nitrogen and oxygen atoms in total. The van der Waals surface area contributed by atoms with Crippen molar-refractivity contribution in [2.45, 2.75) is 25.8 Å². The van der Waals surface area contributed by atoms with E-state index in [1.807, 2.05) is 25.1 Å². The largest absolute Gasteiger partial charge is 0.507 e. The molecule has 1 aromatic carbocycles. The van der Waals surface area contributed by atoms with Gasteiger partial charge in [0.1, 0.15) is 11.6 Å².